The van der Waals surface area contributed by atoms with Crippen LogP contribution in [0.4, 0.5) is 11.8 Å². The number of nitrogens with two attached hydrogens (primary N) is 1. The van der Waals surface area contributed by atoms with Gasteiger partial charge in [0, 0.05) is 24.7 Å². The molecule has 2 bridgehead atoms. The van der Waals surface area contributed by atoms with Gasteiger partial charge in [-0.1, -0.05) is 6.07 Å². The molecule has 0 unspecified atom stereocenters. The molecule has 7 nitrogen and oxygen atoms in total. The van der Waals surface area contributed by atoms with E-state index in [4.69, 9.17) is 15.2 Å². The van der Waals surface area contributed by atoms with E-state index in [-0.39, 0.29) is 0 Å². The van der Waals surface area contributed by atoms with Gasteiger partial charge in [0.2, 0.25) is 12.7 Å². The molecule has 1 aromatic carbocycles. The van der Waals surface area contributed by atoms with Gasteiger partial charge in [-0.25, -0.2) is 4.98 Å². The van der Waals surface area contributed by atoms with Crippen molar-refractivity contribution in [1.29, 1.82) is 0 Å². The van der Waals surface area contributed by atoms with Crippen LogP contribution in [0.2, 0.25) is 0 Å². The first-order valence-electron chi connectivity index (χ1n) is 9.77. The highest BCUT2D eigenvalue weighted by Crippen LogP contribution is 2.48. The SMILES string of the molecule is Nc1ccnc(N2C[C@@H](c3ccc4c(c3)OCO4)[C@@H]3[C@H]2C2CCN3CC2)n1. The Morgan fingerprint density at radius 3 is 2.74 bits per heavy atom. The second-order valence-corrected chi connectivity index (χ2v) is 8.01. The summed E-state index contributed by atoms with van der Waals surface area (Å²) >= 11 is 0. The Kier molecular flexibility index (Phi) is 3.29. The van der Waals surface area contributed by atoms with Crippen molar-refractivity contribution >= 4 is 11.8 Å². The van der Waals surface area contributed by atoms with Gasteiger partial charge in [-0.15, -0.1) is 0 Å². The fourth-order valence-electron chi connectivity index (χ4n) is 5.59. The molecule has 6 heterocycles. The normalized spacial score (nSPS) is 33.3. The van der Waals surface area contributed by atoms with Crippen molar-refractivity contribution < 1.29 is 9.47 Å². The summed E-state index contributed by atoms with van der Waals surface area (Å²) in [4.78, 5) is 14.2. The van der Waals surface area contributed by atoms with Gasteiger partial charge in [0.15, 0.2) is 11.5 Å². The Morgan fingerprint density at radius 1 is 1.04 bits per heavy atom. The number of rotatable bonds is 2. The van der Waals surface area contributed by atoms with Crippen LogP contribution in [0.1, 0.15) is 24.3 Å². The zero-order valence-corrected chi connectivity index (χ0v) is 15.1. The van der Waals surface area contributed by atoms with Gasteiger partial charge in [0.25, 0.3) is 0 Å². The van der Waals surface area contributed by atoms with E-state index in [1.807, 2.05) is 6.07 Å². The van der Waals surface area contributed by atoms with Gasteiger partial charge in [0.05, 0.1) is 6.04 Å². The van der Waals surface area contributed by atoms with Gasteiger partial charge in [0.1, 0.15) is 5.82 Å². The van der Waals surface area contributed by atoms with E-state index in [2.05, 4.69) is 31.9 Å². The molecule has 7 heteroatoms. The molecule has 1 aromatic heterocycles. The van der Waals surface area contributed by atoms with Crippen LogP contribution in [0.25, 0.3) is 0 Å². The van der Waals surface area contributed by atoms with Crippen molar-refractivity contribution in [3.63, 3.8) is 0 Å². The minimum absolute atomic E-state index is 0.312. The lowest BCUT2D eigenvalue weighted by molar-refractivity contribution is 0.0353. The van der Waals surface area contributed by atoms with Crippen molar-refractivity contribution in [3.8, 4) is 11.5 Å². The Hall–Kier alpha value is -2.54. The molecule has 4 fully saturated rings. The molecule has 4 saturated heterocycles. The molecule has 2 aromatic rings. The number of hydrogen-bond donors (Lipinski definition) is 1. The van der Waals surface area contributed by atoms with Crippen LogP contribution < -0.4 is 20.1 Å². The number of hydrogen-bond acceptors (Lipinski definition) is 7. The number of anilines is 2. The average Bonchev–Trinajstić information content (AvgIpc) is 3.34. The van der Waals surface area contributed by atoms with Crippen molar-refractivity contribution in [2.24, 2.45) is 5.92 Å². The first-order valence-corrected chi connectivity index (χ1v) is 9.77. The molecular formula is C20H23N5O2. The van der Waals surface area contributed by atoms with Gasteiger partial charge in [-0.2, -0.15) is 4.98 Å². The molecule has 7 rings (SSSR count). The fourth-order valence-corrected chi connectivity index (χ4v) is 5.59. The predicted molar refractivity (Wildman–Crippen MR) is 101 cm³/mol. The maximum Gasteiger partial charge on any atom is 0.231 e. The largest absolute Gasteiger partial charge is 0.454 e. The minimum Gasteiger partial charge on any atom is -0.454 e. The summed E-state index contributed by atoms with van der Waals surface area (Å²) in [6.07, 6.45) is 4.28. The maximum atomic E-state index is 5.96. The van der Waals surface area contributed by atoms with E-state index in [0.29, 0.717) is 36.5 Å². The number of nitrogen functional groups attached to an aromatic ring is 1. The first kappa shape index (κ1) is 15.5. The summed E-state index contributed by atoms with van der Waals surface area (Å²) in [7, 11) is 0. The number of benzene rings is 1. The molecule has 140 valence electrons. The summed E-state index contributed by atoms with van der Waals surface area (Å²) < 4.78 is 11.1. The summed E-state index contributed by atoms with van der Waals surface area (Å²) in [5.74, 6) is 4.10. The van der Waals surface area contributed by atoms with E-state index < -0.39 is 0 Å². The average molecular weight is 365 g/mol. The first-order chi connectivity index (χ1) is 13.3. The number of ether oxygens (including phenoxy) is 2. The summed E-state index contributed by atoms with van der Waals surface area (Å²) in [6, 6.07) is 9.10. The number of nitrogens with zero attached hydrogens (tertiary/aromatic N) is 4. The zero-order valence-electron chi connectivity index (χ0n) is 15.1. The van der Waals surface area contributed by atoms with E-state index in [9.17, 15) is 0 Å². The van der Waals surface area contributed by atoms with Crippen molar-refractivity contribution in [2.75, 3.05) is 37.1 Å². The Bertz CT molecular complexity index is 882. The molecule has 3 atom stereocenters. The molecule has 2 N–H and O–H groups in total. The van der Waals surface area contributed by atoms with Crippen molar-refractivity contribution in [2.45, 2.75) is 30.8 Å². The highest BCUT2D eigenvalue weighted by Gasteiger charge is 2.54. The number of piperidine rings is 3. The van der Waals surface area contributed by atoms with E-state index in [1.165, 1.54) is 31.5 Å². The Labute approximate surface area is 158 Å². The highest BCUT2D eigenvalue weighted by atomic mass is 16.7. The smallest absolute Gasteiger partial charge is 0.231 e. The summed E-state index contributed by atoms with van der Waals surface area (Å²) in [5.41, 5.74) is 7.27. The van der Waals surface area contributed by atoms with Crippen LogP contribution in [0, 0.1) is 5.92 Å². The molecule has 0 saturated carbocycles. The topological polar surface area (TPSA) is 76.7 Å². The summed E-state index contributed by atoms with van der Waals surface area (Å²) in [6.45, 7) is 3.61. The van der Waals surface area contributed by atoms with E-state index in [0.717, 1.165) is 24.0 Å². The third-order valence-electron chi connectivity index (χ3n) is 6.74. The lowest BCUT2D eigenvalue weighted by Crippen LogP contribution is -2.60. The van der Waals surface area contributed by atoms with E-state index in [1.54, 1.807) is 12.3 Å². The van der Waals surface area contributed by atoms with Crippen LogP contribution in [-0.4, -0.2) is 53.4 Å². The van der Waals surface area contributed by atoms with Crippen LogP contribution in [0.3, 0.4) is 0 Å². The Morgan fingerprint density at radius 2 is 1.89 bits per heavy atom. The fraction of sp³-hybridized carbons (Fsp3) is 0.500. The Balaban J connectivity index is 1.42. The van der Waals surface area contributed by atoms with Crippen LogP contribution in [0.15, 0.2) is 30.5 Å². The van der Waals surface area contributed by atoms with Gasteiger partial charge < -0.3 is 20.1 Å². The third-order valence-corrected chi connectivity index (χ3v) is 6.74. The molecule has 0 radical (unpaired) electrons. The quantitative estimate of drug-likeness (QED) is 0.870. The third kappa shape index (κ3) is 2.31. The molecule has 0 amide bonds. The highest BCUT2D eigenvalue weighted by molar-refractivity contribution is 5.49. The van der Waals surface area contributed by atoms with Crippen LogP contribution in [0.5, 0.6) is 11.5 Å². The van der Waals surface area contributed by atoms with Gasteiger partial charge >= 0.3 is 0 Å². The van der Waals surface area contributed by atoms with Gasteiger partial charge in [-0.05, 0) is 55.6 Å². The minimum atomic E-state index is 0.312. The maximum absolute atomic E-state index is 5.96. The van der Waals surface area contributed by atoms with Gasteiger partial charge in [-0.3, -0.25) is 4.90 Å². The van der Waals surface area contributed by atoms with Crippen LogP contribution in [-0.2, 0) is 0 Å². The molecule has 0 spiro atoms. The predicted octanol–water partition coefficient (Wildman–Crippen LogP) is 1.85. The molecule has 5 aliphatic rings. The lowest BCUT2D eigenvalue weighted by atomic mass is 9.75. The molecular weight excluding hydrogens is 342 g/mol. The molecule has 0 aliphatic carbocycles. The molecule has 27 heavy (non-hydrogen) atoms. The van der Waals surface area contributed by atoms with Crippen molar-refractivity contribution in [1.82, 2.24) is 14.9 Å². The zero-order chi connectivity index (χ0) is 18.0. The monoisotopic (exact) mass is 365 g/mol. The number of aromatic nitrogens is 2. The lowest BCUT2D eigenvalue weighted by Gasteiger charge is -2.51. The second-order valence-electron chi connectivity index (χ2n) is 8.01. The molecule has 5 aliphatic heterocycles. The second kappa shape index (κ2) is 5.73. The number of fused-ring (bicyclic) bond motifs is 3. The summed E-state index contributed by atoms with van der Waals surface area (Å²) in [5, 5.41) is 0. The van der Waals surface area contributed by atoms with Crippen LogP contribution >= 0.6 is 0 Å². The standard InChI is InChI=1S/C20H23N5O2/c21-17-3-6-22-20(23-17)25-10-14(13-1-2-15-16(9-13)27-11-26-15)19-18(25)12-4-7-24(19)8-5-12/h1-3,6,9,12,14,18-19H,4-5,7-8,10-11H2,(H2,21,22,23)/t14-,18+,19+/m0/s1. The van der Waals surface area contributed by atoms with Crippen molar-refractivity contribution in [3.05, 3.63) is 36.0 Å². The van der Waals surface area contributed by atoms with E-state index >= 15 is 0 Å².